The number of imide groups is 1. The van der Waals surface area contributed by atoms with Crippen LogP contribution in [0.25, 0.3) is 0 Å². The lowest BCUT2D eigenvalue weighted by molar-refractivity contribution is -0.126. The number of nitrogens with zero attached hydrogens (tertiary/aromatic N) is 3. The largest absolute Gasteiger partial charge is 0.494 e. The molecule has 5 rings (SSSR count). The van der Waals surface area contributed by atoms with Crippen LogP contribution in [0.4, 0.5) is 17.1 Å². The Morgan fingerprint density at radius 3 is 2.23 bits per heavy atom. The molecule has 35 heavy (non-hydrogen) atoms. The summed E-state index contributed by atoms with van der Waals surface area (Å²) >= 11 is 0. The SMILES string of the molecule is CCOc1ccc(N2C(=O)[C@@H]3[C@H](ON(c4ccccc4C)[C@@H]3c3ccc(N(C)C)cc3)C2=O)cc1. The van der Waals surface area contributed by atoms with E-state index in [1.165, 1.54) is 4.90 Å². The number of aryl methyl sites for hydroxylation is 1. The number of rotatable bonds is 6. The quantitative estimate of drug-likeness (QED) is 0.493. The predicted octanol–water partition coefficient (Wildman–Crippen LogP) is 4.51. The molecule has 7 nitrogen and oxygen atoms in total. The van der Waals surface area contributed by atoms with E-state index in [0.29, 0.717) is 18.0 Å². The monoisotopic (exact) mass is 471 g/mol. The molecule has 3 aromatic rings. The maximum atomic E-state index is 13.8. The number of benzene rings is 3. The van der Waals surface area contributed by atoms with Gasteiger partial charge in [-0.1, -0.05) is 30.3 Å². The van der Waals surface area contributed by atoms with E-state index >= 15 is 0 Å². The van der Waals surface area contributed by atoms with E-state index in [2.05, 4.69) is 0 Å². The molecule has 2 heterocycles. The molecule has 0 aliphatic carbocycles. The zero-order valence-electron chi connectivity index (χ0n) is 20.3. The van der Waals surface area contributed by atoms with E-state index in [4.69, 9.17) is 9.57 Å². The average molecular weight is 472 g/mol. The molecule has 0 aromatic heterocycles. The Bertz CT molecular complexity index is 1240. The topological polar surface area (TPSA) is 62.3 Å². The Hall–Kier alpha value is -3.84. The van der Waals surface area contributed by atoms with E-state index in [1.807, 2.05) is 81.4 Å². The second-order valence-corrected chi connectivity index (χ2v) is 9.03. The van der Waals surface area contributed by atoms with Crippen LogP contribution in [0.5, 0.6) is 5.75 Å². The van der Waals surface area contributed by atoms with Gasteiger partial charge in [-0.25, -0.2) is 9.96 Å². The standard InChI is InChI=1S/C28H29N3O4/c1-5-34-22-16-14-21(15-17-22)30-27(32)24-25(19-10-12-20(13-11-19)29(3)4)31(35-26(24)28(30)33)23-9-7-6-8-18(23)2/h6-17,24-26H,5H2,1-4H3/t24-,25+,26-/m0/s1. The molecule has 0 radical (unpaired) electrons. The summed E-state index contributed by atoms with van der Waals surface area (Å²) in [6.07, 6.45) is -0.896. The molecule has 0 saturated carbocycles. The van der Waals surface area contributed by atoms with Gasteiger partial charge in [-0.05, 0) is 67.4 Å². The van der Waals surface area contributed by atoms with Gasteiger partial charge in [-0.15, -0.1) is 0 Å². The van der Waals surface area contributed by atoms with Crippen LogP contribution in [0.3, 0.4) is 0 Å². The van der Waals surface area contributed by atoms with Crippen LogP contribution in [0.15, 0.2) is 72.8 Å². The van der Waals surface area contributed by atoms with Crippen LogP contribution >= 0.6 is 0 Å². The first-order valence-corrected chi connectivity index (χ1v) is 11.8. The summed E-state index contributed by atoms with van der Waals surface area (Å²) < 4.78 is 5.50. The summed E-state index contributed by atoms with van der Waals surface area (Å²) in [5.41, 5.74) is 4.34. The van der Waals surface area contributed by atoms with E-state index in [-0.39, 0.29) is 11.8 Å². The number of anilines is 3. The van der Waals surface area contributed by atoms with Gasteiger partial charge in [0.2, 0.25) is 5.91 Å². The molecule has 2 aliphatic rings. The van der Waals surface area contributed by atoms with Crippen LogP contribution in [-0.4, -0.2) is 38.6 Å². The van der Waals surface area contributed by atoms with E-state index in [9.17, 15) is 9.59 Å². The number of carbonyl (C=O) groups is 2. The van der Waals surface area contributed by atoms with Gasteiger partial charge in [0.15, 0.2) is 6.10 Å². The second kappa shape index (κ2) is 9.07. The van der Waals surface area contributed by atoms with Crippen molar-refractivity contribution in [3.05, 3.63) is 83.9 Å². The first-order valence-electron chi connectivity index (χ1n) is 11.8. The zero-order valence-corrected chi connectivity index (χ0v) is 20.3. The third kappa shape index (κ3) is 3.91. The van der Waals surface area contributed by atoms with Gasteiger partial charge in [0.1, 0.15) is 11.7 Å². The van der Waals surface area contributed by atoms with Gasteiger partial charge in [0.05, 0.1) is 24.0 Å². The highest BCUT2D eigenvalue weighted by atomic mass is 16.7. The Morgan fingerprint density at radius 1 is 0.914 bits per heavy atom. The number of hydrogen-bond donors (Lipinski definition) is 0. The number of carbonyl (C=O) groups excluding carboxylic acids is 2. The van der Waals surface area contributed by atoms with Gasteiger partial charge in [0.25, 0.3) is 5.91 Å². The van der Waals surface area contributed by atoms with Crippen molar-refractivity contribution in [3.63, 3.8) is 0 Å². The third-order valence-corrected chi connectivity index (χ3v) is 6.63. The van der Waals surface area contributed by atoms with Crippen LogP contribution in [0.2, 0.25) is 0 Å². The Morgan fingerprint density at radius 2 is 1.60 bits per heavy atom. The predicted molar refractivity (Wildman–Crippen MR) is 136 cm³/mol. The number of hydrogen-bond acceptors (Lipinski definition) is 6. The number of fused-ring (bicyclic) bond motifs is 1. The van der Waals surface area contributed by atoms with Gasteiger partial charge in [0, 0.05) is 19.8 Å². The molecular formula is C28H29N3O4. The van der Waals surface area contributed by atoms with Crippen molar-refractivity contribution in [2.45, 2.75) is 26.0 Å². The van der Waals surface area contributed by atoms with Crippen molar-refractivity contribution in [2.75, 3.05) is 35.6 Å². The number of amides is 2. The lowest BCUT2D eigenvalue weighted by Gasteiger charge is -2.30. The molecular weight excluding hydrogens is 442 g/mol. The van der Waals surface area contributed by atoms with E-state index in [1.54, 1.807) is 29.3 Å². The number of ether oxygens (including phenoxy) is 1. The molecule has 2 saturated heterocycles. The van der Waals surface area contributed by atoms with Crippen LogP contribution in [0.1, 0.15) is 24.1 Å². The van der Waals surface area contributed by atoms with Crippen molar-refractivity contribution in [1.29, 1.82) is 0 Å². The lowest BCUT2D eigenvalue weighted by atomic mass is 9.90. The van der Waals surface area contributed by atoms with Gasteiger partial charge < -0.3 is 9.64 Å². The third-order valence-electron chi connectivity index (χ3n) is 6.63. The fourth-order valence-electron chi connectivity index (χ4n) is 4.86. The molecule has 180 valence electrons. The summed E-state index contributed by atoms with van der Waals surface area (Å²) in [4.78, 5) is 36.8. The molecule has 2 aliphatic heterocycles. The molecule has 3 aromatic carbocycles. The van der Waals surface area contributed by atoms with Crippen molar-refractivity contribution in [1.82, 2.24) is 0 Å². The number of hydroxylamine groups is 1. The van der Waals surface area contributed by atoms with E-state index in [0.717, 1.165) is 22.5 Å². The lowest BCUT2D eigenvalue weighted by Crippen LogP contribution is -2.37. The molecule has 0 unspecified atom stereocenters. The molecule has 0 spiro atoms. The molecule has 2 fully saturated rings. The first kappa shape index (κ1) is 22.9. The fraction of sp³-hybridized carbons (Fsp3) is 0.286. The smallest absolute Gasteiger partial charge is 0.266 e. The van der Waals surface area contributed by atoms with Gasteiger partial charge in [-0.2, -0.15) is 0 Å². The Labute approximate surface area is 205 Å². The Kier molecular flexibility index (Phi) is 5.94. The maximum Gasteiger partial charge on any atom is 0.266 e. The first-order chi connectivity index (χ1) is 16.9. The highest BCUT2D eigenvalue weighted by molar-refractivity contribution is 6.24. The minimum absolute atomic E-state index is 0.262. The van der Waals surface area contributed by atoms with E-state index < -0.39 is 18.1 Å². The van der Waals surface area contributed by atoms with Crippen molar-refractivity contribution < 1.29 is 19.2 Å². The van der Waals surface area contributed by atoms with Crippen molar-refractivity contribution >= 4 is 28.9 Å². The fourth-order valence-corrected chi connectivity index (χ4v) is 4.86. The highest BCUT2D eigenvalue weighted by Gasteiger charge is 2.60. The summed E-state index contributed by atoms with van der Waals surface area (Å²) in [6.45, 7) is 4.45. The van der Waals surface area contributed by atoms with Crippen LogP contribution in [0, 0.1) is 12.8 Å². The van der Waals surface area contributed by atoms with Crippen LogP contribution in [-0.2, 0) is 14.4 Å². The van der Waals surface area contributed by atoms with Crippen LogP contribution < -0.4 is 19.6 Å². The summed E-state index contributed by atoms with van der Waals surface area (Å²) in [7, 11) is 3.97. The summed E-state index contributed by atoms with van der Waals surface area (Å²) in [6, 6.07) is 22.5. The minimum Gasteiger partial charge on any atom is -0.494 e. The second-order valence-electron chi connectivity index (χ2n) is 9.03. The summed E-state index contributed by atoms with van der Waals surface area (Å²) in [5.74, 6) is -0.590. The van der Waals surface area contributed by atoms with Gasteiger partial charge >= 0.3 is 0 Å². The summed E-state index contributed by atoms with van der Waals surface area (Å²) in [5, 5.41) is 1.75. The Balaban J connectivity index is 1.54. The highest BCUT2D eigenvalue weighted by Crippen LogP contribution is 2.48. The van der Waals surface area contributed by atoms with Crippen molar-refractivity contribution in [2.24, 2.45) is 5.92 Å². The number of para-hydroxylation sites is 1. The minimum atomic E-state index is -0.896. The van der Waals surface area contributed by atoms with Gasteiger partial charge in [-0.3, -0.25) is 14.4 Å². The van der Waals surface area contributed by atoms with Crippen molar-refractivity contribution in [3.8, 4) is 5.75 Å². The zero-order chi connectivity index (χ0) is 24.7. The molecule has 3 atom stereocenters. The molecule has 2 amide bonds. The average Bonchev–Trinajstić information content (AvgIpc) is 3.36. The maximum absolute atomic E-state index is 13.8. The molecule has 7 heteroatoms. The normalized spacial score (nSPS) is 21.4. The molecule has 0 N–H and O–H groups in total. The molecule has 0 bridgehead atoms.